The highest BCUT2D eigenvalue weighted by Crippen LogP contribution is 2.36. The fourth-order valence-corrected chi connectivity index (χ4v) is 4.18. The molecule has 0 saturated carbocycles. The van der Waals surface area contributed by atoms with Gasteiger partial charge in [-0.25, -0.2) is 8.42 Å². The number of methoxy groups -OCH3 is 2. The summed E-state index contributed by atoms with van der Waals surface area (Å²) in [6.07, 6.45) is 0. The summed E-state index contributed by atoms with van der Waals surface area (Å²) in [6.45, 7) is 0. The number of hydrogen-bond acceptors (Lipinski definition) is 5. The van der Waals surface area contributed by atoms with Crippen molar-refractivity contribution in [2.75, 3.05) is 37.9 Å². The fourth-order valence-electron chi connectivity index (χ4n) is 2.08. The molecule has 0 bridgehead atoms. The fraction of sp³-hybridized carbons (Fsp3) is 0.250. The summed E-state index contributed by atoms with van der Waals surface area (Å²) in [5.74, 6) is 0.780. The van der Waals surface area contributed by atoms with Crippen molar-refractivity contribution in [2.45, 2.75) is 4.90 Å². The van der Waals surface area contributed by atoms with Gasteiger partial charge >= 0.3 is 0 Å². The largest absolute Gasteiger partial charge is 0.493 e. The molecule has 0 aliphatic heterocycles. The Hall–Kier alpha value is -1.93. The zero-order valence-electron chi connectivity index (χ0n) is 13.8. The zero-order valence-corrected chi connectivity index (χ0v) is 16.2. The van der Waals surface area contributed by atoms with E-state index in [1.807, 2.05) is 31.1 Å². The van der Waals surface area contributed by atoms with E-state index in [1.165, 1.54) is 20.3 Å². The summed E-state index contributed by atoms with van der Waals surface area (Å²) in [5.41, 5.74) is 1.45. The number of anilines is 2. The van der Waals surface area contributed by atoms with Crippen LogP contribution in [0.2, 0.25) is 0 Å². The minimum Gasteiger partial charge on any atom is -0.493 e. The molecule has 2 aromatic carbocycles. The van der Waals surface area contributed by atoms with Crippen LogP contribution in [-0.4, -0.2) is 36.7 Å². The first-order chi connectivity index (χ1) is 11.3. The lowest BCUT2D eigenvalue weighted by Gasteiger charge is -2.15. The maximum absolute atomic E-state index is 12.7. The van der Waals surface area contributed by atoms with E-state index in [2.05, 4.69) is 20.7 Å². The Morgan fingerprint density at radius 3 is 2.04 bits per heavy atom. The van der Waals surface area contributed by atoms with E-state index < -0.39 is 10.0 Å². The Morgan fingerprint density at radius 2 is 1.54 bits per heavy atom. The van der Waals surface area contributed by atoms with Crippen molar-refractivity contribution in [3.05, 3.63) is 40.9 Å². The second-order valence-corrected chi connectivity index (χ2v) is 7.69. The van der Waals surface area contributed by atoms with Gasteiger partial charge in [-0.15, -0.1) is 0 Å². The average molecular weight is 415 g/mol. The molecule has 6 nitrogen and oxygen atoms in total. The third-order valence-electron chi connectivity index (χ3n) is 3.36. The van der Waals surface area contributed by atoms with Crippen LogP contribution < -0.4 is 19.1 Å². The van der Waals surface area contributed by atoms with Gasteiger partial charge in [-0.3, -0.25) is 4.72 Å². The Kier molecular flexibility index (Phi) is 5.61. The first-order valence-electron chi connectivity index (χ1n) is 7.00. The maximum Gasteiger partial charge on any atom is 0.263 e. The Morgan fingerprint density at radius 1 is 1.00 bits per heavy atom. The van der Waals surface area contributed by atoms with Crippen LogP contribution in [0.1, 0.15) is 0 Å². The molecule has 0 saturated heterocycles. The minimum atomic E-state index is -3.78. The normalized spacial score (nSPS) is 11.0. The standard InChI is InChI=1S/C16H19BrN2O4S/c1-19(2)12-7-5-11(6-8-12)18-24(20,21)16-10-15(23-4)14(22-3)9-13(16)17/h5-10,18H,1-4H3. The first-order valence-corrected chi connectivity index (χ1v) is 9.28. The third-order valence-corrected chi connectivity index (χ3v) is 5.70. The SMILES string of the molecule is COc1cc(Br)c(S(=O)(=O)Nc2ccc(N(C)C)cc2)cc1OC. The van der Waals surface area contributed by atoms with Crippen LogP contribution in [0, 0.1) is 0 Å². The van der Waals surface area contributed by atoms with Gasteiger partial charge in [0.15, 0.2) is 11.5 Å². The number of halogens is 1. The summed E-state index contributed by atoms with van der Waals surface area (Å²) in [6, 6.07) is 10.1. The molecule has 2 aromatic rings. The highest BCUT2D eigenvalue weighted by Gasteiger charge is 2.21. The van der Waals surface area contributed by atoms with Crippen molar-refractivity contribution in [1.29, 1.82) is 0 Å². The van der Waals surface area contributed by atoms with Crippen LogP contribution >= 0.6 is 15.9 Å². The molecule has 0 radical (unpaired) electrons. The van der Waals surface area contributed by atoms with Crippen molar-refractivity contribution < 1.29 is 17.9 Å². The molecular formula is C16H19BrN2O4S. The van der Waals surface area contributed by atoms with Gasteiger partial charge in [0.2, 0.25) is 0 Å². The molecule has 8 heteroatoms. The van der Waals surface area contributed by atoms with E-state index in [0.717, 1.165) is 5.69 Å². The number of benzene rings is 2. The summed E-state index contributed by atoms with van der Waals surface area (Å²) >= 11 is 3.27. The molecule has 0 unspecified atom stereocenters. The highest BCUT2D eigenvalue weighted by molar-refractivity contribution is 9.10. The second-order valence-electron chi connectivity index (χ2n) is 5.18. The van der Waals surface area contributed by atoms with Gasteiger partial charge in [0.25, 0.3) is 10.0 Å². The molecule has 0 spiro atoms. The molecule has 0 atom stereocenters. The molecule has 0 aliphatic carbocycles. The second kappa shape index (κ2) is 7.31. The molecule has 0 fully saturated rings. The molecule has 130 valence electrons. The van der Waals surface area contributed by atoms with Crippen molar-refractivity contribution in [3.8, 4) is 11.5 Å². The summed E-state index contributed by atoms with van der Waals surface area (Å²) < 4.78 is 38.6. The quantitative estimate of drug-likeness (QED) is 0.784. The molecular weight excluding hydrogens is 396 g/mol. The minimum absolute atomic E-state index is 0.0665. The lowest BCUT2D eigenvalue weighted by molar-refractivity contribution is 0.353. The van der Waals surface area contributed by atoms with E-state index in [-0.39, 0.29) is 4.90 Å². The predicted octanol–water partition coefficient (Wildman–Crippen LogP) is 3.33. The molecule has 0 amide bonds. The number of nitrogens with zero attached hydrogens (tertiary/aromatic N) is 1. The van der Waals surface area contributed by atoms with E-state index in [0.29, 0.717) is 21.7 Å². The van der Waals surface area contributed by atoms with Crippen LogP contribution in [0.15, 0.2) is 45.8 Å². The van der Waals surface area contributed by atoms with Crippen LogP contribution in [0.4, 0.5) is 11.4 Å². The Balaban J connectivity index is 2.36. The molecule has 0 aliphatic rings. The van der Waals surface area contributed by atoms with Crippen molar-refractivity contribution in [2.24, 2.45) is 0 Å². The van der Waals surface area contributed by atoms with Crippen LogP contribution in [-0.2, 0) is 10.0 Å². The zero-order chi connectivity index (χ0) is 17.9. The summed E-state index contributed by atoms with van der Waals surface area (Å²) in [5, 5.41) is 0. The van der Waals surface area contributed by atoms with Gasteiger partial charge < -0.3 is 14.4 Å². The Bertz CT molecular complexity index is 821. The van der Waals surface area contributed by atoms with E-state index in [1.54, 1.807) is 18.2 Å². The van der Waals surface area contributed by atoms with Crippen molar-refractivity contribution in [3.63, 3.8) is 0 Å². The predicted molar refractivity (Wildman–Crippen MR) is 98.8 cm³/mol. The lowest BCUT2D eigenvalue weighted by atomic mass is 10.3. The van der Waals surface area contributed by atoms with Gasteiger partial charge in [0.05, 0.1) is 14.2 Å². The molecule has 0 heterocycles. The summed E-state index contributed by atoms with van der Waals surface area (Å²) in [4.78, 5) is 2.00. The van der Waals surface area contributed by atoms with Gasteiger partial charge in [0, 0.05) is 36.0 Å². The number of hydrogen-bond donors (Lipinski definition) is 1. The maximum atomic E-state index is 12.7. The van der Waals surface area contributed by atoms with E-state index in [9.17, 15) is 8.42 Å². The van der Waals surface area contributed by atoms with E-state index >= 15 is 0 Å². The van der Waals surface area contributed by atoms with Crippen LogP contribution in [0.3, 0.4) is 0 Å². The van der Waals surface area contributed by atoms with Gasteiger partial charge in [-0.05, 0) is 46.3 Å². The van der Waals surface area contributed by atoms with Crippen LogP contribution in [0.25, 0.3) is 0 Å². The number of sulfonamides is 1. The number of nitrogens with one attached hydrogen (secondary N) is 1. The molecule has 24 heavy (non-hydrogen) atoms. The van der Waals surface area contributed by atoms with Gasteiger partial charge in [-0.1, -0.05) is 0 Å². The van der Waals surface area contributed by atoms with Crippen molar-refractivity contribution >= 4 is 37.3 Å². The van der Waals surface area contributed by atoms with Crippen LogP contribution in [0.5, 0.6) is 11.5 Å². The number of rotatable bonds is 6. The third kappa shape index (κ3) is 3.93. The molecule has 0 aromatic heterocycles. The smallest absolute Gasteiger partial charge is 0.263 e. The number of ether oxygens (including phenoxy) is 2. The average Bonchev–Trinajstić information content (AvgIpc) is 2.54. The first kappa shape index (κ1) is 18.4. The molecule has 1 N–H and O–H groups in total. The van der Waals surface area contributed by atoms with Gasteiger partial charge in [0.1, 0.15) is 4.90 Å². The van der Waals surface area contributed by atoms with Gasteiger partial charge in [-0.2, -0.15) is 0 Å². The summed E-state index contributed by atoms with van der Waals surface area (Å²) in [7, 11) is 3.00. The lowest BCUT2D eigenvalue weighted by Crippen LogP contribution is -2.14. The molecule has 2 rings (SSSR count). The monoisotopic (exact) mass is 414 g/mol. The highest BCUT2D eigenvalue weighted by atomic mass is 79.9. The van der Waals surface area contributed by atoms with E-state index in [4.69, 9.17) is 9.47 Å². The topological polar surface area (TPSA) is 67.9 Å². The van der Waals surface area contributed by atoms with Crippen molar-refractivity contribution in [1.82, 2.24) is 0 Å². The Labute approximate surface area is 150 Å².